The molecule has 0 saturated carbocycles. The number of hydrogen-bond acceptors (Lipinski definition) is 9. The molecule has 0 aromatic heterocycles. The van der Waals surface area contributed by atoms with Crippen LogP contribution in [0.25, 0.3) is 0 Å². The highest BCUT2D eigenvalue weighted by atomic mass is 32.2. The maximum atomic E-state index is 13.0. The summed E-state index contributed by atoms with van der Waals surface area (Å²) in [6.45, 7) is 0.244. The molecule has 4 atom stereocenters. The Labute approximate surface area is 218 Å². The van der Waals surface area contributed by atoms with Gasteiger partial charge in [-0.15, -0.1) is 0 Å². The van der Waals surface area contributed by atoms with Crippen LogP contribution in [0.1, 0.15) is 38.5 Å². The van der Waals surface area contributed by atoms with Crippen molar-refractivity contribution in [3.63, 3.8) is 0 Å². The predicted molar refractivity (Wildman–Crippen MR) is 137 cm³/mol. The van der Waals surface area contributed by atoms with E-state index in [1.807, 2.05) is 0 Å². The smallest absolute Gasteiger partial charge is 0.326 e. The quantitative estimate of drug-likeness (QED) is 0.0424. The highest BCUT2D eigenvalue weighted by Crippen LogP contribution is 2.06. The zero-order chi connectivity index (χ0) is 28.5. The van der Waals surface area contributed by atoms with Crippen LogP contribution < -0.4 is 44.6 Å². The summed E-state index contributed by atoms with van der Waals surface area (Å²) in [5.74, 6) is -5.22. The van der Waals surface area contributed by atoms with Crippen molar-refractivity contribution >= 4 is 53.2 Å². The van der Waals surface area contributed by atoms with E-state index >= 15 is 0 Å². The van der Waals surface area contributed by atoms with Crippen LogP contribution >= 0.6 is 11.8 Å². The Morgan fingerprint density at radius 2 is 1.35 bits per heavy atom. The number of aliphatic carboxylic acids is 1. The number of hydrogen-bond donors (Lipinski definition) is 9. The molecule has 0 heterocycles. The van der Waals surface area contributed by atoms with E-state index in [9.17, 15) is 33.9 Å². The number of primary amides is 2. The number of carboxylic acids is 1. The van der Waals surface area contributed by atoms with Crippen LogP contribution in [-0.4, -0.2) is 89.3 Å². The van der Waals surface area contributed by atoms with Gasteiger partial charge < -0.3 is 49.7 Å². The minimum absolute atomic E-state index is 0.0996. The number of carboxylic acid groups (broad SMARTS) is 1. The van der Waals surface area contributed by atoms with Gasteiger partial charge in [-0.05, 0) is 37.7 Å². The van der Waals surface area contributed by atoms with Gasteiger partial charge in [0.15, 0.2) is 5.96 Å². The fraction of sp³-hybridized carbons (Fsp3) is 0.650. The second-order valence-corrected chi connectivity index (χ2v) is 9.02. The van der Waals surface area contributed by atoms with Crippen molar-refractivity contribution in [3.05, 3.63) is 0 Å². The molecule has 0 aromatic carbocycles. The van der Waals surface area contributed by atoms with E-state index in [0.717, 1.165) is 0 Å². The van der Waals surface area contributed by atoms with Gasteiger partial charge in [-0.2, -0.15) is 11.8 Å². The lowest BCUT2D eigenvalue weighted by molar-refractivity contribution is -0.143. The molecular formula is C20H37N9O7S. The first-order valence-corrected chi connectivity index (χ1v) is 12.7. The Hall–Kier alpha value is -3.60. The number of nitrogens with two attached hydrogens (primary N) is 5. The minimum atomic E-state index is -1.60. The molecule has 5 amide bonds. The number of rotatable bonds is 19. The van der Waals surface area contributed by atoms with E-state index in [2.05, 4.69) is 20.9 Å². The Balaban J connectivity index is 5.47. The topological polar surface area (TPSA) is 301 Å². The van der Waals surface area contributed by atoms with Gasteiger partial charge in [-0.25, -0.2) is 4.79 Å². The second-order valence-electron chi connectivity index (χ2n) is 8.03. The highest BCUT2D eigenvalue weighted by molar-refractivity contribution is 7.98. The van der Waals surface area contributed by atoms with Crippen LogP contribution in [0.4, 0.5) is 0 Å². The van der Waals surface area contributed by atoms with E-state index < -0.39 is 66.1 Å². The van der Waals surface area contributed by atoms with E-state index in [1.165, 1.54) is 11.8 Å². The number of aliphatic imine (C=N–C) groups is 1. The number of carbonyl (C=O) groups excluding carboxylic acids is 5. The SMILES string of the molecule is CSCCC(NC(=O)C(CCC(N)=O)NC(=O)C(N)CCCN=C(N)N)C(=O)NC(CC(N)=O)C(=O)O. The van der Waals surface area contributed by atoms with E-state index in [4.69, 9.17) is 28.7 Å². The third-order valence-corrected chi connectivity index (χ3v) is 5.52. The molecule has 37 heavy (non-hydrogen) atoms. The van der Waals surface area contributed by atoms with Crippen molar-refractivity contribution in [1.29, 1.82) is 0 Å². The third-order valence-electron chi connectivity index (χ3n) is 4.88. The van der Waals surface area contributed by atoms with Crippen molar-refractivity contribution in [2.24, 2.45) is 33.7 Å². The van der Waals surface area contributed by atoms with Crippen molar-refractivity contribution in [1.82, 2.24) is 16.0 Å². The summed E-state index contributed by atoms with van der Waals surface area (Å²) in [5.41, 5.74) is 26.5. The highest BCUT2D eigenvalue weighted by Gasteiger charge is 2.30. The maximum absolute atomic E-state index is 13.0. The Morgan fingerprint density at radius 1 is 0.811 bits per heavy atom. The summed E-state index contributed by atoms with van der Waals surface area (Å²) >= 11 is 1.36. The third kappa shape index (κ3) is 15.2. The predicted octanol–water partition coefficient (Wildman–Crippen LogP) is -4.20. The van der Waals surface area contributed by atoms with E-state index in [1.54, 1.807) is 6.26 Å². The van der Waals surface area contributed by atoms with Crippen LogP contribution in [0.2, 0.25) is 0 Å². The Bertz CT molecular complexity index is 852. The van der Waals surface area contributed by atoms with Gasteiger partial charge in [0.05, 0.1) is 12.5 Å². The lowest BCUT2D eigenvalue weighted by Gasteiger charge is -2.25. The number of guanidine groups is 1. The van der Waals surface area contributed by atoms with Crippen LogP contribution in [0, 0.1) is 0 Å². The summed E-state index contributed by atoms with van der Waals surface area (Å²) in [4.78, 5) is 75.8. The normalized spacial score (nSPS) is 13.8. The Morgan fingerprint density at radius 3 is 1.84 bits per heavy atom. The average molecular weight is 548 g/mol. The molecule has 0 aliphatic carbocycles. The molecule has 0 aliphatic rings. The first-order valence-electron chi connectivity index (χ1n) is 11.3. The molecule has 14 N–H and O–H groups in total. The molecule has 17 heteroatoms. The van der Waals surface area contributed by atoms with Gasteiger partial charge in [0.2, 0.25) is 29.5 Å². The van der Waals surface area contributed by atoms with Gasteiger partial charge in [-0.3, -0.25) is 29.0 Å². The van der Waals surface area contributed by atoms with Crippen LogP contribution in [0.5, 0.6) is 0 Å². The fourth-order valence-electron chi connectivity index (χ4n) is 2.94. The van der Waals surface area contributed by atoms with Crippen LogP contribution in [0.3, 0.4) is 0 Å². The Kier molecular flexibility index (Phi) is 16.0. The van der Waals surface area contributed by atoms with Crippen LogP contribution in [0.15, 0.2) is 4.99 Å². The largest absolute Gasteiger partial charge is 0.480 e. The molecule has 0 aromatic rings. The zero-order valence-corrected chi connectivity index (χ0v) is 21.4. The minimum Gasteiger partial charge on any atom is -0.480 e. The second kappa shape index (κ2) is 17.8. The molecule has 0 radical (unpaired) electrons. The van der Waals surface area contributed by atoms with Gasteiger partial charge in [0.1, 0.15) is 18.1 Å². The summed E-state index contributed by atoms with van der Waals surface area (Å²) in [6, 6.07) is -5.09. The summed E-state index contributed by atoms with van der Waals surface area (Å²) in [6.07, 6.45) is 1.36. The molecule has 16 nitrogen and oxygen atoms in total. The summed E-state index contributed by atoms with van der Waals surface area (Å²) in [5, 5.41) is 16.3. The van der Waals surface area contributed by atoms with Crippen LogP contribution in [-0.2, 0) is 28.8 Å². The van der Waals surface area contributed by atoms with E-state index in [-0.39, 0.29) is 38.2 Å². The maximum Gasteiger partial charge on any atom is 0.326 e. The van der Waals surface area contributed by atoms with Crippen molar-refractivity contribution in [3.8, 4) is 0 Å². The van der Waals surface area contributed by atoms with Gasteiger partial charge in [-0.1, -0.05) is 0 Å². The van der Waals surface area contributed by atoms with Gasteiger partial charge in [0, 0.05) is 13.0 Å². The van der Waals surface area contributed by atoms with E-state index in [0.29, 0.717) is 12.2 Å². The molecule has 0 fully saturated rings. The number of nitrogens with zero attached hydrogens (tertiary/aromatic N) is 1. The van der Waals surface area contributed by atoms with Gasteiger partial charge >= 0.3 is 5.97 Å². The molecule has 4 unspecified atom stereocenters. The number of carbonyl (C=O) groups is 6. The molecule has 0 bridgehead atoms. The molecule has 210 valence electrons. The van der Waals surface area contributed by atoms with Crippen molar-refractivity contribution < 1.29 is 33.9 Å². The molecule has 0 saturated heterocycles. The molecule has 0 aliphatic heterocycles. The number of nitrogens with one attached hydrogen (secondary N) is 3. The first kappa shape index (κ1) is 33.4. The van der Waals surface area contributed by atoms with Crippen molar-refractivity contribution in [2.45, 2.75) is 62.7 Å². The van der Waals surface area contributed by atoms with Gasteiger partial charge in [0.25, 0.3) is 0 Å². The molecule has 0 spiro atoms. The zero-order valence-electron chi connectivity index (χ0n) is 20.6. The lowest BCUT2D eigenvalue weighted by atomic mass is 10.1. The van der Waals surface area contributed by atoms with Crippen molar-refractivity contribution in [2.75, 3.05) is 18.6 Å². The fourth-order valence-corrected chi connectivity index (χ4v) is 3.41. The lowest BCUT2D eigenvalue weighted by Crippen LogP contribution is -2.57. The first-order chi connectivity index (χ1) is 17.3. The number of amides is 5. The average Bonchev–Trinajstić information content (AvgIpc) is 2.80. The standard InChI is InChI=1S/C20H37N9O7S/c1-37-8-6-12(18(34)29-13(19(35)36)9-15(23)31)28-17(33)11(4-5-14(22)30)27-16(32)10(21)3-2-7-26-20(24)25/h10-13H,2-9,21H2,1H3,(H2,22,30)(H2,23,31)(H,27,32)(H,28,33)(H,29,34)(H,35,36)(H4,24,25,26). The molecular weight excluding hydrogens is 510 g/mol. The number of thioether (sulfide) groups is 1. The monoisotopic (exact) mass is 547 g/mol. The summed E-state index contributed by atoms with van der Waals surface area (Å²) < 4.78 is 0. The molecule has 0 rings (SSSR count). The summed E-state index contributed by atoms with van der Waals surface area (Å²) in [7, 11) is 0.